The summed E-state index contributed by atoms with van der Waals surface area (Å²) in [4.78, 5) is 19.7. The van der Waals surface area contributed by atoms with Gasteiger partial charge >= 0.3 is 11.9 Å². The minimum Gasteiger partial charge on any atom is -0.481 e. The zero-order valence-electron chi connectivity index (χ0n) is 5.83. The van der Waals surface area contributed by atoms with Crippen molar-refractivity contribution in [2.45, 2.75) is 18.4 Å². The van der Waals surface area contributed by atoms with Crippen molar-refractivity contribution in [3.63, 3.8) is 0 Å². The van der Waals surface area contributed by atoms with Gasteiger partial charge in [-0.05, 0) is 0 Å². The topological polar surface area (TPSA) is 101 Å². The molecule has 1 atom stereocenters. The van der Waals surface area contributed by atoms with E-state index in [0.717, 1.165) is 0 Å². The maximum absolute atomic E-state index is 12.4. The third-order valence-electron chi connectivity index (χ3n) is 1.11. The maximum Gasteiger partial charge on any atom is 0.326 e. The summed E-state index contributed by atoms with van der Waals surface area (Å²) < 4.78 is 24.9. The molecule has 0 heterocycles. The van der Waals surface area contributed by atoms with Crippen LogP contribution in [0.2, 0.25) is 0 Å². The first-order chi connectivity index (χ1) is 5.27. The van der Waals surface area contributed by atoms with Crippen LogP contribution >= 0.6 is 0 Å². The fraction of sp³-hybridized carbons (Fsp3) is 0.600. The molecule has 7 heteroatoms. The van der Waals surface area contributed by atoms with Gasteiger partial charge in [0.05, 0.1) is 0 Å². The van der Waals surface area contributed by atoms with Crippen molar-refractivity contribution in [1.29, 1.82) is 0 Å². The Morgan fingerprint density at radius 1 is 1.42 bits per heavy atom. The van der Waals surface area contributed by atoms with E-state index < -0.39 is 30.3 Å². The van der Waals surface area contributed by atoms with Gasteiger partial charge in [-0.25, -0.2) is 8.78 Å². The van der Waals surface area contributed by atoms with Gasteiger partial charge in [0.25, 0.3) is 5.92 Å². The minimum absolute atomic E-state index is 1.58. The van der Waals surface area contributed by atoms with Crippen molar-refractivity contribution in [2.24, 2.45) is 5.73 Å². The maximum atomic E-state index is 12.4. The van der Waals surface area contributed by atoms with Gasteiger partial charge in [-0.1, -0.05) is 0 Å². The van der Waals surface area contributed by atoms with E-state index in [1.54, 1.807) is 0 Å². The van der Waals surface area contributed by atoms with E-state index in [9.17, 15) is 18.4 Å². The van der Waals surface area contributed by atoms with E-state index in [4.69, 9.17) is 10.2 Å². The van der Waals surface area contributed by atoms with Crippen LogP contribution in [0.5, 0.6) is 0 Å². The molecule has 0 aliphatic rings. The van der Waals surface area contributed by atoms with Gasteiger partial charge in [-0.15, -0.1) is 0 Å². The van der Waals surface area contributed by atoms with Crippen molar-refractivity contribution in [2.75, 3.05) is 0 Å². The van der Waals surface area contributed by atoms with Crippen LogP contribution in [0.25, 0.3) is 0 Å². The fourth-order valence-electron chi connectivity index (χ4n) is 0.492. The molecule has 0 radical (unpaired) electrons. The Bertz CT molecular complexity index is 206. The molecule has 0 saturated carbocycles. The fourth-order valence-corrected chi connectivity index (χ4v) is 0.492. The summed E-state index contributed by atoms with van der Waals surface area (Å²) in [5, 5.41) is 16.0. The minimum atomic E-state index is -3.92. The first kappa shape index (κ1) is 10.8. The zero-order chi connectivity index (χ0) is 9.94. The second-order valence-corrected chi connectivity index (χ2v) is 2.15. The van der Waals surface area contributed by atoms with Crippen LogP contribution in [0.1, 0.15) is 6.42 Å². The normalized spacial score (nSPS) is 13.9. The highest BCUT2D eigenvalue weighted by Gasteiger charge is 2.43. The molecule has 0 amide bonds. The molecule has 0 aromatic carbocycles. The van der Waals surface area contributed by atoms with Crippen molar-refractivity contribution in [3.8, 4) is 0 Å². The summed E-state index contributed by atoms with van der Waals surface area (Å²) in [6.07, 6.45) is -1.58. The molecule has 0 rings (SSSR count). The molecule has 0 aliphatic carbocycles. The van der Waals surface area contributed by atoms with E-state index >= 15 is 0 Å². The highest BCUT2D eigenvalue weighted by molar-refractivity contribution is 5.76. The summed E-state index contributed by atoms with van der Waals surface area (Å²) >= 11 is 0. The number of carboxylic acid groups (broad SMARTS) is 2. The number of aliphatic carboxylic acids is 2. The van der Waals surface area contributed by atoms with Gasteiger partial charge in [0.1, 0.15) is 6.42 Å². The Hall–Kier alpha value is -1.24. The van der Waals surface area contributed by atoms with Crippen LogP contribution in [0.4, 0.5) is 8.78 Å². The standard InChI is InChI=1S/C5H7F2NO4/c6-5(7,1-2(9)10)3(8)4(11)12/h3H,1,8H2,(H,9,10)(H,11,12)/t3-/m1/s1. The second-order valence-electron chi connectivity index (χ2n) is 2.15. The molecule has 0 aromatic heterocycles. The number of alkyl halides is 2. The lowest BCUT2D eigenvalue weighted by atomic mass is 10.1. The molecule has 0 bridgehead atoms. The lowest BCUT2D eigenvalue weighted by Gasteiger charge is -2.17. The van der Waals surface area contributed by atoms with E-state index in [0.29, 0.717) is 0 Å². The molecule has 0 saturated heterocycles. The number of carbonyl (C=O) groups is 2. The van der Waals surface area contributed by atoms with Gasteiger partial charge in [-0.2, -0.15) is 0 Å². The Kier molecular flexibility index (Phi) is 3.08. The number of nitrogens with two attached hydrogens (primary N) is 1. The molecule has 70 valence electrons. The highest BCUT2D eigenvalue weighted by Crippen LogP contribution is 2.21. The van der Waals surface area contributed by atoms with Crippen molar-refractivity contribution < 1.29 is 28.6 Å². The number of halogens is 2. The van der Waals surface area contributed by atoms with Crippen molar-refractivity contribution in [3.05, 3.63) is 0 Å². The molecule has 0 aliphatic heterocycles. The van der Waals surface area contributed by atoms with Crippen molar-refractivity contribution >= 4 is 11.9 Å². The monoisotopic (exact) mass is 183 g/mol. The molecule has 0 unspecified atom stereocenters. The lowest BCUT2D eigenvalue weighted by Crippen LogP contribution is -2.48. The molecule has 0 aromatic rings. The quantitative estimate of drug-likeness (QED) is 0.545. The van der Waals surface area contributed by atoms with E-state index in [-0.39, 0.29) is 0 Å². The second kappa shape index (κ2) is 3.44. The Morgan fingerprint density at radius 2 is 1.83 bits per heavy atom. The van der Waals surface area contributed by atoms with Gasteiger partial charge in [0.15, 0.2) is 6.04 Å². The molecule has 4 N–H and O–H groups in total. The van der Waals surface area contributed by atoms with Crippen LogP contribution in [-0.2, 0) is 9.59 Å². The number of hydrogen-bond donors (Lipinski definition) is 3. The number of carboxylic acids is 2. The molecule has 0 spiro atoms. The number of hydrogen-bond acceptors (Lipinski definition) is 3. The molecular weight excluding hydrogens is 176 g/mol. The third kappa shape index (κ3) is 2.79. The zero-order valence-corrected chi connectivity index (χ0v) is 5.83. The smallest absolute Gasteiger partial charge is 0.326 e. The van der Waals surface area contributed by atoms with Gasteiger partial charge in [0, 0.05) is 0 Å². The summed E-state index contributed by atoms with van der Waals surface area (Å²) in [6, 6.07) is -2.48. The number of rotatable bonds is 4. The van der Waals surface area contributed by atoms with Gasteiger partial charge in [0.2, 0.25) is 0 Å². The Morgan fingerprint density at radius 3 is 2.08 bits per heavy atom. The average Bonchev–Trinajstić information content (AvgIpc) is 1.82. The summed E-state index contributed by atoms with van der Waals surface area (Å²) in [7, 11) is 0. The highest BCUT2D eigenvalue weighted by atomic mass is 19.3. The molecular formula is C5H7F2NO4. The van der Waals surface area contributed by atoms with Crippen LogP contribution in [0.15, 0.2) is 0 Å². The predicted molar refractivity (Wildman–Crippen MR) is 32.8 cm³/mol. The van der Waals surface area contributed by atoms with E-state index in [1.165, 1.54) is 0 Å². The first-order valence-electron chi connectivity index (χ1n) is 2.85. The van der Waals surface area contributed by atoms with Gasteiger partial charge < -0.3 is 15.9 Å². The summed E-state index contributed by atoms with van der Waals surface area (Å²) in [5.74, 6) is -7.64. The van der Waals surface area contributed by atoms with E-state index in [1.807, 2.05) is 0 Å². The lowest BCUT2D eigenvalue weighted by molar-refractivity contribution is -0.155. The van der Waals surface area contributed by atoms with Crippen LogP contribution in [0.3, 0.4) is 0 Å². The summed E-state index contributed by atoms with van der Waals surface area (Å²) in [6.45, 7) is 0. The SMILES string of the molecule is N[C@H](C(=O)O)C(F)(F)CC(=O)O. The van der Waals surface area contributed by atoms with Crippen LogP contribution < -0.4 is 5.73 Å². The molecule has 12 heavy (non-hydrogen) atoms. The van der Waals surface area contributed by atoms with Crippen LogP contribution in [0, 0.1) is 0 Å². The summed E-state index contributed by atoms with van der Waals surface area (Å²) in [5.41, 5.74) is 4.53. The Balaban J connectivity index is 4.38. The average molecular weight is 183 g/mol. The van der Waals surface area contributed by atoms with Crippen LogP contribution in [-0.4, -0.2) is 34.1 Å². The predicted octanol–water partition coefficient (Wildman–Crippen LogP) is -0.492. The largest absolute Gasteiger partial charge is 0.481 e. The molecule has 0 fully saturated rings. The Labute approximate surface area is 65.8 Å². The molecule has 5 nitrogen and oxygen atoms in total. The third-order valence-corrected chi connectivity index (χ3v) is 1.11. The van der Waals surface area contributed by atoms with Gasteiger partial charge in [-0.3, -0.25) is 9.59 Å². The van der Waals surface area contributed by atoms with E-state index in [2.05, 4.69) is 5.73 Å². The van der Waals surface area contributed by atoms with Crippen molar-refractivity contribution in [1.82, 2.24) is 0 Å². The first-order valence-corrected chi connectivity index (χ1v) is 2.85.